The molecule has 56 valence electrons. The summed E-state index contributed by atoms with van der Waals surface area (Å²) in [7, 11) is 0. The van der Waals surface area contributed by atoms with Crippen molar-refractivity contribution >= 4 is 11.7 Å². The molecule has 0 aliphatic carbocycles. The highest BCUT2D eigenvalue weighted by Gasteiger charge is 1.91. The summed E-state index contributed by atoms with van der Waals surface area (Å²) in [6.07, 6.45) is 0. The molecule has 0 aliphatic heterocycles. The van der Waals surface area contributed by atoms with Crippen molar-refractivity contribution in [3.05, 3.63) is 11.8 Å². The Morgan fingerprint density at radius 2 is 2.45 bits per heavy atom. The van der Waals surface area contributed by atoms with Crippen LogP contribution in [-0.2, 0) is 4.79 Å². The number of nitrogens with one attached hydrogen (secondary N) is 1. The molecule has 0 bridgehead atoms. The van der Waals surface area contributed by atoms with Crippen molar-refractivity contribution in [2.45, 2.75) is 0 Å². The van der Waals surface area contributed by atoms with E-state index in [-0.39, 0.29) is 0 Å². The van der Waals surface area contributed by atoms with Gasteiger partial charge in [-0.05, 0) is 5.92 Å². The lowest BCUT2D eigenvalue weighted by atomic mass is 10.4. The number of nitrogens with two attached hydrogens (primary N) is 2. The molecule has 0 saturated carbocycles. The zero-order valence-electron chi connectivity index (χ0n) is 5.59. The van der Waals surface area contributed by atoms with Crippen molar-refractivity contribution in [1.29, 1.82) is 0 Å². The predicted molar refractivity (Wildman–Crippen MR) is 39.1 cm³/mol. The molecule has 0 aromatic carbocycles. The summed E-state index contributed by atoms with van der Waals surface area (Å²) in [5.74, 6) is 4.23. The molecule has 5 heteroatoms. The van der Waals surface area contributed by atoms with Crippen LogP contribution in [0.3, 0.4) is 0 Å². The Labute approximate surface area is 62.8 Å². The summed E-state index contributed by atoms with van der Waals surface area (Å²) in [6.45, 7) is 0. The second-order valence-corrected chi connectivity index (χ2v) is 1.82. The quantitative estimate of drug-likeness (QED) is 0.406. The highest BCUT2D eigenvalue weighted by Crippen LogP contribution is 1.96. The van der Waals surface area contributed by atoms with Gasteiger partial charge in [0.15, 0.2) is 0 Å². The number of amides is 1. The standard InChI is InChI=1S/C6H6N4O/c7-5-3-4(9-10-5)1-2-6(8)11/h3H,(H2,8,11)(H3,7,9,10). The zero-order chi connectivity index (χ0) is 8.27. The number of carbonyl (C=O) groups is 1. The Hall–Kier alpha value is -1.96. The predicted octanol–water partition coefficient (Wildman–Crippen LogP) is -1.17. The molecule has 0 radical (unpaired) electrons. The van der Waals surface area contributed by atoms with Crippen LogP contribution < -0.4 is 11.5 Å². The lowest BCUT2D eigenvalue weighted by molar-refractivity contribution is -0.112. The molecular weight excluding hydrogens is 144 g/mol. The molecule has 0 unspecified atom stereocenters. The summed E-state index contributed by atoms with van der Waals surface area (Å²) in [5.41, 5.74) is 10.5. The smallest absolute Gasteiger partial charge is 0.293 e. The van der Waals surface area contributed by atoms with Crippen LogP contribution in [0.4, 0.5) is 5.82 Å². The minimum atomic E-state index is -0.682. The molecule has 0 atom stereocenters. The van der Waals surface area contributed by atoms with Gasteiger partial charge in [0.1, 0.15) is 11.5 Å². The van der Waals surface area contributed by atoms with Crippen molar-refractivity contribution in [2.75, 3.05) is 5.73 Å². The first-order valence-electron chi connectivity index (χ1n) is 2.81. The van der Waals surface area contributed by atoms with Crippen molar-refractivity contribution in [3.8, 4) is 11.8 Å². The van der Waals surface area contributed by atoms with Gasteiger partial charge < -0.3 is 11.5 Å². The van der Waals surface area contributed by atoms with Gasteiger partial charge >= 0.3 is 0 Å². The third-order valence-electron chi connectivity index (χ3n) is 0.918. The first-order chi connectivity index (χ1) is 5.18. The number of H-pyrrole nitrogens is 1. The van der Waals surface area contributed by atoms with Gasteiger partial charge in [0.2, 0.25) is 0 Å². The Morgan fingerprint density at radius 1 is 1.73 bits per heavy atom. The van der Waals surface area contributed by atoms with E-state index in [4.69, 9.17) is 11.5 Å². The Morgan fingerprint density at radius 3 is 2.91 bits per heavy atom. The average Bonchev–Trinajstić information content (AvgIpc) is 2.31. The molecule has 1 amide bonds. The molecule has 0 saturated heterocycles. The fourth-order valence-electron chi connectivity index (χ4n) is 0.530. The number of rotatable bonds is 0. The van der Waals surface area contributed by atoms with E-state index in [0.29, 0.717) is 11.5 Å². The Balaban J connectivity index is 2.82. The summed E-state index contributed by atoms with van der Waals surface area (Å²) in [5, 5.41) is 6.10. The van der Waals surface area contributed by atoms with E-state index in [1.807, 2.05) is 0 Å². The maximum Gasteiger partial charge on any atom is 0.293 e. The van der Waals surface area contributed by atoms with E-state index in [9.17, 15) is 4.79 Å². The van der Waals surface area contributed by atoms with Crippen LogP contribution in [0.1, 0.15) is 5.69 Å². The molecule has 5 N–H and O–H groups in total. The van der Waals surface area contributed by atoms with Gasteiger partial charge in [-0.2, -0.15) is 5.10 Å². The number of carbonyl (C=O) groups excluding carboxylic acids is 1. The topological polar surface area (TPSA) is 97.8 Å². The Kier molecular flexibility index (Phi) is 1.79. The van der Waals surface area contributed by atoms with Crippen molar-refractivity contribution in [2.24, 2.45) is 5.73 Å². The fraction of sp³-hybridized carbons (Fsp3) is 0. The van der Waals surface area contributed by atoms with Crippen LogP contribution in [0.25, 0.3) is 0 Å². The highest BCUT2D eigenvalue weighted by molar-refractivity contribution is 5.92. The van der Waals surface area contributed by atoms with Gasteiger partial charge in [0, 0.05) is 12.0 Å². The van der Waals surface area contributed by atoms with Gasteiger partial charge in [0.25, 0.3) is 5.91 Å². The number of nitrogen functional groups attached to an aromatic ring is 1. The highest BCUT2D eigenvalue weighted by atomic mass is 16.1. The maximum absolute atomic E-state index is 10.2. The molecule has 5 nitrogen and oxygen atoms in total. The van der Waals surface area contributed by atoms with Crippen molar-refractivity contribution in [1.82, 2.24) is 10.2 Å². The van der Waals surface area contributed by atoms with E-state index in [1.165, 1.54) is 6.07 Å². The van der Waals surface area contributed by atoms with Crippen LogP contribution >= 0.6 is 0 Å². The van der Waals surface area contributed by atoms with Crippen LogP contribution in [0.2, 0.25) is 0 Å². The number of hydrogen-bond donors (Lipinski definition) is 3. The van der Waals surface area contributed by atoms with Gasteiger partial charge in [-0.1, -0.05) is 0 Å². The maximum atomic E-state index is 10.2. The number of anilines is 1. The SMILES string of the molecule is NC(=O)C#Cc1cc(N)n[nH]1. The van der Waals surface area contributed by atoms with Crippen LogP contribution in [0.5, 0.6) is 0 Å². The first-order valence-corrected chi connectivity index (χ1v) is 2.81. The molecule has 1 aromatic heterocycles. The van der Waals surface area contributed by atoms with Gasteiger partial charge in [-0.25, -0.2) is 0 Å². The van der Waals surface area contributed by atoms with E-state index in [0.717, 1.165) is 0 Å². The van der Waals surface area contributed by atoms with E-state index in [2.05, 4.69) is 22.0 Å². The first kappa shape index (κ1) is 7.15. The van der Waals surface area contributed by atoms with E-state index in [1.54, 1.807) is 0 Å². The lowest BCUT2D eigenvalue weighted by Crippen LogP contribution is -2.06. The van der Waals surface area contributed by atoms with Gasteiger partial charge in [-0.15, -0.1) is 0 Å². The number of aromatic amines is 1. The summed E-state index contributed by atoms with van der Waals surface area (Å²) >= 11 is 0. The number of primary amides is 1. The van der Waals surface area contributed by atoms with Crippen LogP contribution in [0, 0.1) is 11.8 Å². The van der Waals surface area contributed by atoms with Gasteiger partial charge in [0.05, 0.1) is 0 Å². The molecule has 11 heavy (non-hydrogen) atoms. The molecule has 1 heterocycles. The summed E-state index contributed by atoms with van der Waals surface area (Å²) in [6, 6.07) is 1.51. The van der Waals surface area contributed by atoms with Crippen molar-refractivity contribution < 1.29 is 4.79 Å². The van der Waals surface area contributed by atoms with E-state index >= 15 is 0 Å². The number of nitrogens with zero attached hydrogens (tertiary/aromatic N) is 1. The minimum Gasteiger partial charge on any atom is -0.382 e. The second kappa shape index (κ2) is 2.75. The third kappa shape index (κ3) is 2.02. The molecule has 0 aliphatic rings. The molecular formula is C6H6N4O. The molecule has 0 fully saturated rings. The number of aromatic nitrogens is 2. The second-order valence-electron chi connectivity index (χ2n) is 1.82. The summed E-state index contributed by atoms with van der Waals surface area (Å²) in [4.78, 5) is 10.2. The zero-order valence-corrected chi connectivity index (χ0v) is 5.59. The molecule has 1 aromatic rings. The lowest BCUT2D eigenvalue weighted by Gasteiger charge is -1.74. The number of hydrogen-bond acceptors (Lipinski definition) is 3. The third-order valence-corrected chi connectivity index (χ3v) is 0.918. The van der Waals surface area contributed by atoms with Gasteiger partial charge in [-0.3, -0.25) is 9.89 Å². The fourth-order valence-corrected chi connectivity index (χ4v) is 0.530. The van der Waals surface area contributed by atoms with Crippen molar-refractivity contribution in [3.63, 3.8) is 0 Å². The average molecular weight is 150 g/mol. The monoisotopic (exact) mass is 150 g/mol. The Bertz CT molecular complexity index is 330. The largest absolute Gasteiger partial charge is 0.382 e. The molecule has 0 spiro atoms. The molecule has 1 rings (SSSR count). The normalized spacial score (nSPS) is 8.36. The van der Waals surface area contributed by atoms with Crippen LogP contribution in [0.15, 0.2) is 6.07 Å². The summed E-state index contributed by atoms with van der Waals surface area (Å²) < 4.78 is 0. The van der Waals surface area contributed by atoms with Crippen LogP contribution in [-0.4, -0.2) is 16.1 Å². The minimum absolute atomic E-state index is 0.332. The van der Waals surface area contributed by atoms with E-state index < -0.39 is 5.91 Å².